The van der Waals surface area contributed by atoms with Gasteiger partial charge in [0.05, 0.1) is 15.9 Å². The lowest BCUT2D eigenvalue weighted by molar-refractivity contribution is 0.556. The van der Waals surface area contributed by atoms with Crippen LogP contribution >= 0.6 is 0 Å². The number of H-pyrrole nitrogens is 1. The second-order valence-electron chi connectivity index (χ2n) is 4.43. The smallest absolute Gasteiger partial charge is 0.240 e. The summed E-state index contributed by atoms with van der Waals surface area (Å²) in [5.41, 5.74) is 1.51. The molecule has 0 fully saturated rings. The van der Waals surface area contributed by atoms with Crippen molar-refractivity contribution in [2.75, 3.05) is 0 Å². The van der Waals surface area contributed by atoms with E-state index in [4.69, 9.17) is 0 Å². The van der Waals surface area contributed by atoms with E-state index in [1.807, 2.05) is 20.8 Å². The Labute approximate surface area is 107 Å². The summed E-state index contributed by atoms with van der Waals surface area (Å²) in [4.78, 5) is 7.54. The lowest BCUT2D eigenvalue weighted by Crippen LogP contribution is -2.31. The predicted molar refractivity (Wildman–Crippen MR) is 70.9 cm³/mol. The first-order chi connectivity index (χ1) is 8.42. The Kier molecular flexibility index (Phi) is 3.41. The third-order valence-corrected chi connectivity index (χ3v) is 4.44. The van der Waals surface area contributed by atoms with E-state index in [1.165, 1.54) is 0 Å². The van der Waals surface area contributed by atoms with Gasteiger partial charge in [-0.05, 0) is 38.5 Å². The molecule has 0 aliphatic carbocycles. The van der Waals surface area contributed by atoms with Crippen LogP contribution in [-0.2, 0) is 10.0 Å². The fraction of sp³-hybridized carbons (Fsp3) is 0.417. The van der Waals surface area contributed by atoms with Crippen molar-refractivity contribution in [2.24, 2.45) is 0 Å². The molecule has 1 aromatic carbocycles. The maximum Gasteiger partial charge on any atom is 0.240 e. The van der Waals surface area contributed by atoms with Gasteiger partial charge in [-0.25, -0.2) is 18.1 Å². The number of hydrogen-bond donors (Lipinski definition) is 2. The summed E-state index contributed by atoms with van der Waals surface area (Å²) < 4.78 is 26.8. The molecule has 0 saturated carbocycles. The van der Waals surface area contributed by atoms with E-state index in [0.29, 0.717) is 0 Å². The molecule has 6 heteroatoms. The molecule has 0 spiro atoms. The summed E-state index contributed by atoms with van der Waals surface area (Å²) in [7, 11) is -3.45. The number of hydrogen-bond acceptors (Lipinski definition) is 3. The summed E-state index contributed by atoms with van der Waals surface area (Å²) in [6.07, 6.45) is 0.755. The van der Waals surface area contributed by atoms with E-state index in [1.54, 1.807) is 18.2 Å². The largest absolute Gasteiger partial charge is 0.342 e. The van der Waals surface area contributed by atoms with Gasteiger partial charge in [-0.3, -0.25) is 0 Å². The van der Waals surface area contributed by atoms with Gasteiger partial charge in [-0.1, -0.05) is 6.92 Å². The van der Waals surface area contributed by atoms with Crippen LogP contribution in [0.4, 0.5) is 0 Å². The molecule has 0 aliphatic heterocycles. The SMILES string of the molecule is CCC(C)NS(=O)(=O)c1ccc2nc(C)[nH]c2c1. The molecule has 2 rings (SSSR count). The van der Waals surface area contributed by atoms with Gasteiger partial charge in [0.2, 0.25) is 10.0 Å². The van der Waals surface area contributed by atoms with Crippen LogP contribution in [0.15, 0.2) is 23.1 Å². The molecule has 0 saturated heterocycles. The highest BCUT2D eigenvalue weighted by Gasteiger charge is 2.17. The van der Waals surface area contributed by atoms with E-state index >= 15 is 0 Å². The maximum absolute atomic E-state index is 12.1. The number of fused-ring (bicyclic) bond motifs is 1. The molecule has 0 radical (unpaired) electrons. The van der Waals surface area contributed by atoms with Gasteiger partial charge in [0, 0.05) is 6.04 Å². The first kappa shape index (κ1) is 13.0. The molecule has 98 valence electrons. The number of sulfonamides is 1. The maximum atomic E-state index is 12.1. The number of aromatic amines is 1. The monoisotopic (exact) mass is 267 g/mol. The minimum atomic E-state index is -3.45. The molecule has 0 bridgehead atoms. The number of nitrogens with zero attached hydrogens (tertiary/aromatic N) is 1. The zero-order valence-corrected chi connectivity index (χ0v) is 11.5. The first-order valence-corrected chi connectivity index (χ1v) is 7.39. The molecular formula is C12H17N3O2S. The van der Waals surface area contributed by atoms with E-state index in [9.17, 15) is 8.42 Å². The first-order valence-electron chi connectivity index (χ1n) is 5.91. The summed E-state index contributed by atoms with van der Waals surface area (Å²) in [5, 5.41) is 0. The molecule has 1 heterocycles. The summed E-state index contributed by atoms with van der Waals surface area (Å²) in [6, 6.07) is 4.83. The highest BCUT2D eigenvalue weighted by atomic mass is 32.2. The van der Waals surface area contributed by atoms with Crippen molar-refractivity contribution >= 4 is 21.1 Å². The number of imidazole rings is 1. The topological polar surface area (TPSA) is 74.8 Å². The summed E-state index contributed by atoms with van der Waals surface area (Å²) >= 11 is 0. The quantitative estimate of drug-likeness (QED) is 0.889. The standard InChI is InChI=1S/C12H17N3O2S/c1-4-8(2)15-18(16,17)10-5-6-11-12(7-10)14-9(3)13-11/h5-8,15H,4H2,1-3H3,(H,13,14). The summed E-state index contributed by atoms with van der Waals surface area (Å²) in [6.45, 7) is 5.62. The molecule has 5 nitrogen and oxygen atoms in total. The van der Waals surface area contributed by atoms with Crippen molar-refractivity contribution in [3.63, 3.8) is 0 Å². The second kappa shape index (κ2) is 4.70. The normalized spacial score (nSPS) is 13.9. The third kappa shape index (κ3) is 2.54. The molecule has 2 aromatic rings. The predicted octanol–water partition coefficient (Wildman–Crippen LogP) is 1.95. The minimum absolute atomic E-state index is 0.0748. The van der Waals surface area contributed by atoms with E-state index < -0.39 is 10.0 Å². The van der Waals surface area contributed by atoms with Crippen molar-refractivity contribution in [2.45, 2.75) is 38.1 Å². The fourth-order valence-electron chi connectivity index (χ4n) is 1.70. The second-order valence-corrected chi connectivity index (χ2v) is 6.15. The van der Waals surface area contributed by atoms with Crippen molar-refractivity contribution in [1.82, 2.24) is 14.7 Å². The average Bonchev–Trinajstić information content (AvgIpc) is 2.67. The van der Waals surface area contributed by atoms with Crippen molar-refractivity contribution < 1.29 is 8.42 Å². The molecule has 2 N–H and O–H groups in total. The number of nitrogens with one attached hydrogen (secondary N) is 2. The minimum Gasteiger partial charge on any atom is -0.342 e. The van der Waals surface area contributed by atoms with Crippen molar-refractivity contribution in [1.29, 1.82) is 0 Å². The van der Waals surface area contributed by atoms with E-state index in [2.05, 4.69) is 14.7 Å². The van der Waals surface area contributed by atoms with Crippen LogP contribution in [0.2, 0.25) is 0 Å². The van der Waals surface area contributed by atoms with Gasteiger partial charge in [-0.15, -0.1) is 0 Å². The molecule has 0 aliphatic rings. The lowest BCUT2D eigenvalue weighted by atomic mass is 10.3. The number of aromatic nitrogens is 2. The van der Waals surface area contributed by atoms with Crippen LogP contribution in [0, 0.1) is 6.92 Å². The average molecular weight is 267 g/mol. The summed E-state index contributed by atoms with van der Waals surface area (Å²) in [5.74, 6) is 0.773. The van der Waals surface area contributed by atoms with Gasteiger partial charge < -0.3 is 4.98 Å². The Morgan fingerprint density at radius 3 is 2.83 bits per heavy atom. The Balaban J connectivity index is 2.41. The van der Waals surface area contributed by atoms with Crippen molar-refractivity contribution in [3.05, 3.63) is 24.0 Å². The number of aryl methyl sites for hydroxylation is 1. The Hall–Kier alpha value is -1.40. The third-order valence-electron chi connectivity index (χ3n) is 2.85. The molecule has 1 unspecified atom stereocenters. The highest BCUT2D eigenvalue weighted by molar-refractivity contribution is 7.89. The zero-order chi connectivity index (χ0) is 13.3. The number of rotatable bonds is 4. The number of benzene rings is 1. The van der Waals surface area contributed by atoms with Crippen LogP contribution in [0.5, 0.6) is 0 Å². The molecule has 1 aromatic heterocycles. The zero-order valence-electron chi connectivity index (χ0n) is 10.7. The molecular weight excluding hydrogens is 250 g/mol. The van der Waals surface area contributed by atoms with Gasteiger partial charge in [-0.2, -0.15) is 0 Å². The lowest BCUT2D eigenvalue weighted by Gasteiger charge is -2.11. The van der Waals surface area contributed by atoms with Crippen LogP contribution in [0.1, 0.15) is 26.1 Å². The highest BCUT2D eigenvalue weighted by Crippen LogP contribution is 2.17. The van der Waals surface area contributed by atoms with Crippen LogP contribution < -0.4 is 4.72 Å². The van der Waals surface area contributed by atoms with Crippen LogP contribution in [0.25, 0.3) is 11.0 Å². The Morgan fingerprint density at radius 2 is 2.17 bits per heavy atom. The van der Waals surface area contributed by atoms with Gasteiger partial charge in [0.15, 0.2) is 0 Å². The van der Waals surface area contributed by atoms with Crippen molar-refractivity contribution in [3.8, 4) is 0 Å². The Morgan fingerprint density at radius 1 is 1.44 bits per heavy atom. The van der Waals surface area contributed by atoms with E-state index in [0.717, 1.165) is 23.3 Å². The van der Waals surface area contributed by atoms with Crippen LogP contribution in [0.3, 0.4) is 0 Å². The Bertz CT molecular complexity index is 661. The van der Waals surface area contributed by atoms with Gasteiger partial charge in [0.1, 0.15) is 5.82 Å². The molecule has 0 amide bonds. The fourth-order valence-corrected chi connectivity index (χ4v) is 3.05. The van der Waals surface area contributed by atoms with Gasteiger partial charge >= 0.3 is 0 Å². The molecule has 18 heavy (non-hydrogen) atoms. The molecule has 1 atom stereocenters. The van der Waals surface area contributed by atoms with E-state index in [-0.39, 0.29) is 10.9 Å². The van der Waals surface area contributed by atoms with Gasteiger partial charge in [0.25, 0.3) is 0 Å². The van der Waals surface area contributed by atoms with Crippen LogP contribution in [-0.4, -0.2) is 24.4 Å².